The average molecular weight is 526 g/mol. The minimum atomic E-state index is -0.0497. The molecule has 0 aromatic heterocycles. The van der Waals surface area contributed by atoms with Crippen LogP contribution in [0, 0.1) is 22.7 Å². The molecule has 6 heteroatoms. The first-order valence-electron chi connectivity index (χ1n) is 14.7. The van der Waals surface area contributed by atoms with Gasteiger partial charge in [0.25, 0.3) is 0 Å². The fraction of sp³-hybridized carbons (Fsp3) is 0.935. The molecule has 218 valence electrons. The number of rotatable bonds is 11. The van der Waals surface area contributed by atoms with E-state index in [9.17, 15) is 9.59 Å². The van der Waals surface area contributed by atoms with Crippen molar-refractivity contribution in [1.82, 2.24) is 5.32 Å². The first kappa shape index (κ1) is 33.9. The van der Waals surface area contributed by atoms with E-state index in [1.165, 1.54) is 12.8 Å². The van der Waals surface area contributed by atoms with Gasteiger partial charge in [-0.2, -0.15) is 0 Å². The van der Waals surface area contributed by atoms with E-state index in [4.69, 9.17) is 9.47 Å². The number of carbonyl (C=O) groups excluding carboxylic acids is 2. The van der Waals surface area contributed by atoms with Crippen LogP contribution in [-0.4, -0.2) is 41.2 Å². The van der Waals surface area contributed by atoms with Crippen LogP contribution in [0.3, 0.4) is 0 Å². The third-order valence-corrected chi connectivity index (χ3v) is 8.25. The second kappa shape index (κ2) is 13.8. The number of unbranched alkanes of at least 4 members (excludes halogenated alkanes) is 4. The zero-order valence-electron chi connectivity index (χ0n) is 25.6. The summed E-state index contributed by atoms with van der Waals surface area (Å²) in [5.41, 5.74) is 0.325. The van der Waals surface area contributed by atoms with Crippen LogP contribution in [0.25, 0.3) is 0 Å². The monoisotopic (exact) mass is 525 g/mol. The second-order valence-corrected chi connectivity index (χ2v) is 14.9. The van der Waals surface area contributed by atoms with Gasteiger partial charge in [0, 0.05) is 11.1 Å². The van der Waals surface area contributed by atoms with Gasteiger partial charge in [0.15, 0.2) is 0 Å². The molecule has 1 aliphatic heterocycles. The van der Waals surface area contributed by atoms with Gasteiger partial charge in [-0.1, -0.05) is 47.0 Å². The molecule has 0 aromatic rings. The Morgan fingerprint density at radius 3 is 1.73 bits per heavy atom. The van der Waals surface area contributed by atoms with Gasteiger partial charge in [0.1, 0.15) is 0 Å². The second-order valence-electron chi connectivity index (χ2n) is 14.9. The van der Waals surface area contributed by atoms with Crippen molar-refractivity contribution in [2.75, 3.05) is 6.61 Å². The Balaban J connectivity index is 0.00000684. The van der Waals surface area contributed by atoms with Crippen LogP contribution < -0.4 is 5.32 Å². The van der Waals surface area contributed by atoms with Crippen LogP contribution in [0.5, 0.6) is 0 Å². The van der Waals surface area contributed by atoms with Crippen LogP contribution in [-0.2, 0) is 19.1 Å². The van der Waals surface area contributed by atoms with E-state index in [1.54, 1.807) is 0 Å². The molecule has 1 aliphatic carbocycles. The van der Waals surface area contributed by atoms with E-state index in [0.717, 1.165) is 64.2 Å². The largest absolute Gasteiger partial charge is 0.465 e. The molecule has 0 radical (unpaired) electrons. The predicted molar refractivity (Wildman–Crippen MR) is 151 cm³/mol. The maximum Gasteiger partial charge on any atom is 0.309 e. The normalized spacial score (nSPS) is 23.8. The summed E-state index contributed by atoms with van der Waals surface area (Å²) in [6.45, 7) is 20.3. The molecule has 1 saturated heterocycles. The lowest BCUT2D eigenvalue weighted by molar-refractivity contribution is -0.157. The summed E-state index contributed by atoms with van der Waals surface area (Å²) in [6.07, 6.45) is 12.0. The standard InChI is InChI=1S/C31H57NO4.H2O/c1-23(36-27(34)25-21-30(6,7)32-31(8,9)22-25)15-13-11-10-12-14-18-35-26(33)24-19-28(2,3)16-17-29(4,5)20-24;/h23-25,32H,10-22H2,1-9H3;1H2. The quantitative estimate of drug-likeness (QED) is 0.182. The summed E-state index contributed by atoms with van der Waals surface area (Å²) in [6, 6.07) is 0. The molecular weight excluding hydrogens is 466 g/mol. The van der Waals surface area contributed by atoms with E-state index in [2.05, 4.69) is 60.7 Å². The van der Waals surface area contributed by atoms with Crippen molar-refractivity contribution < 1.29 is 24.5 Å². The molecule has 0 bridgehead atoms. The van der Waals surface area contributed by atoms with Gasteiger partial charge in [-0.3, -0.25) is 9.59 Å². The summed E-state index contributed by atoms with van der Waals surface area (Å²) >= 11 is 0. The topological polar surface area (TPSA) is 96.1 Å². The van der Waals surface area contributed by atoms with Gasteiger partial charge in [0.05, 0.1) is 24.5 Å². The highest BCUT2D eigenvalue weighted by Gasteiger charge is 2.41. The highest BCUT2D eigenvalue weighted by atomic mass is 16.5. The molecule has 2 aliphatic rings. The van der Waals surface area contributed by atoms with E-state index in [-0.39, 0.29) is 57.3 Å². The minimum absolute atomic E-state index is 0. The summed E-state index contributed by atoms with van der Waals surface area (Å²) in [4.78, 5) is 25.5. The summed E-state index contributed by atoms with van der Waals surface area (Å²) in [5, 5.41) is 3.63. The smallest absolute Gasteiger partial charge is 0.309 e. The first-order chi connectivity index (χ1) is 16.5. The molecule has 3 N–H and O–H groups in total. The van der Waals surface area contributed by atoms with Gasteiger partial charge in [-0.15, -0.1) is 0 Å². The SMILES string of the molecule is CC(CCCCCCCOC(=O)C1CC(C)(C)CCC(C)(C)C1)OC(=O)C1CC(C)(C)NC(C)(C)C1.O. The summed E-state index contributed by atoms with van der Waals surface area (Å²) in [5.74, 6) is -0.0260. The van der Waals surface area contributed by atoms with Crippen molar-refractivity contribution in [3.8, 4) is 0 Å². The van der Waals surface area contributed by atoms with Gasteiger partial charge in [0.2, 0.25) is 0 Å². The Morgan fingerprint density at radius 1 is 0.730 bits per heavy atom. The van der Waals surface area contributed by atoms with Crippen molar-refractivity contribution in [3.05, 3.63) is 0 Å². The molecule has 0 spiro atoms. The van der Waals surface area contributed by atoms with Gasteiger partial charge in [-0.05, 0) is 103 Å². The van der Waals surface area contributed by atoms with Gasteiger partial charge in [-0.25, -0.2) is 0 Å². The lowest BCUT2D eigenvalue weighted by Crippen LogP contribution is -2.59. The minimum Gasteiger partial charge on any atom is -0.465 e. The molecule has 6 nitrogen and oxygen atoms in total. The third kappa shape index (κ3) is 12.5. The first-order valence-corrected chi connectivity index (χ1v) is 14.7. The van der Waals surface area contributed by atoms with Crippen LogP contribution >= 0.6 is 0 Å². The number of hydrogen-bond acceptors (Lipinski definition) is 5. The summed E-state index contributed by atoms with van der Waals surface area (Å²) < 4.78 is 11.5. The Morgan fingerprint density at radius 2 is 1.19 bits per heavy atom. The molecule has 2 rings (SSSR count). The Kier molecular flexibility index (Phi) is 12.6. The molecule has 2 fully saturated rings. The van der Waals surface area contributed by atoms with Crippen LogP contribution in [0.4, 0.5) is 0 Å². The zero-order chi connectivity index (χ0) is 27.2. The number of nitrogens with one attached hydrogen (secondary N) is 1. The van der Waals surface area contributed by atoms with Gasteiger partial charge < -0.3 is 20.3 Å². The van der Waals surface area contributed by atoms with Crippen molar-refractivity contribution in [3.63, 3.8) is 0 Å². The Labute approximate surface area is 227 Å². The Bertz CT molecular complexity index is 693. The number of hydrogen-bond donors (Lipinski definition) is 1. The molecule has 1 atom stereocenters. The zero-order valence-corrected chi connectivity index (χ0v) is 25.6. The number of carbonyl (C=O) groups is 2. The van der Waals surface area contributed by atoms with Crippen molar-refractivity contribution >= 4 is 11.9 Å². The van der Waals surface area contributed by atoms with Crippen LogP contribution in [0.15, 0.2) is 0 Å². The van der Waals surface area contributed by atoms with Gasteiger partial charge >= 0.3 is 11.9 Å². The predicted octanol–water partition coefficient (Wildman–Crippen LogP) is 6.78. The molecule has 1 unspecified atom stereocenters. The third-order valence-electron chi connectivity index (χ3n) is 8.25. The lowest BCUT2D eigenvalue weighted by Gasteiger charge is -2.45. The number of ether oxygens (including phenoxy) is 2. The molecular formula is C31H59NO5. The van der Waals surface area contributed by atoms with E-state index >= 15 is 0 Å². The number of esters is 2. The fourth-order valence-electron chi connectivity index (χ4n) is 6.65. The van der Waals surface area contributed by atoms with Crippen LogP contribution in [0.2, 0.25) is 0 Å². The maximum atomic E-state index is 12.8. The molecule has 1 saturated carbocycles. The van der Waals surface area contributed by atoms with E-state index in [1.807, 2.05) is 6.92 Å². The van der Waals surface area contributed by atoms with Crippen molar-refractivity contribution in [2.45, 2.75) is 157 Å². The van der Waals surface area contributed by atoms with E-state index in [0.29, 0.717) is 6.61 Å². The maximum absolute atomic E-state index is 12.8. The highest BCUT2D eigenvalue weighted by molar-refractivity contribution is 5.73. The Hall–Kier alpha value is -1.14. The molecule has 0 amide bonds. The molecule has 37 heavy (non-hydrogen) atoms. The lowest BCUT2D eigenvalue weighted by atomic mass is 9.76. The van der Waals surface area contributed by atoms with E-state index < -0.39 is 0 Å². The molecule has 1 heterocycles. The van der Waals surface area contributed by atoms with Crippen molar-refractivity contribution in [1.29, 1.82) is 0 Å². The fourth-order valence-corrected chi connectivity index (χ4v) is 6.65. The number of piperidine rings is 1. The average Bonchev–Trinajstić information content (AvgIpc) is 2.82. The summed E-state index contributed by atoms with van der Waals surface area (Å²) in [7, 11) is 0. The highest BCUT2D eigenvalue weighted by Crippen LogP contribution is 2.45. The van der Waals surface area contributed by atoms with Crippen molar-refractivity contribution in [2.24, 2.45) is 22.7 Å². The van der Waals surface area contributed by atoms with Crippen LogP contribution in [0.1, 0.15) is 139 Å². The molecule has 0 aromatic carbocycles.